The van der Waals surface area contributed by atoms with Crippen LogP contribution in [0.1, 0.15) is 12.8 Å². The highest BCUT2D eigenvalue weighted by molar-refractivity contribution is 5.72. The van der Waals surface area contributed by atoms with E-state index in [1.54, 1.807) is 0 Å². The van der Waals surface area contributed by atoms with Crippen LogP contribution >= 0.6 is 0 Å². The minimum Gasteiger partial charge on any atom is -0.480 e. The van der Waals surface area contributed by atoms with Crippen LogP contribution in [0.15, 0.2) is 0 Å². The third-order valence-electron chi connectivity index (χ3n) is 1.39. The normalized spacial score (nSPS) is 13.3. The van der Waals surface area contributed by atoms with Gasteiger partial charge in [-0.2, -0.15) is 0 Å². The fraction of sp³-hybridized carbons (Fsp3) is 0.833. The minimum atomic E-state index is -0.980. The van der Waals surface area contributed by atoms with E-state index in [0.717, 1.165) is 0 Å². The van der Waals surface area contributed by atoms with E-state index >= 15 is 0 Å². The molecule has 0 bridgehead atoms. The van der Waals surface area contributed by atoms with Crippen LogP contribution in [0.3, 0.4) is 0 Å². The Bertz CT molecular complexity index is 140. The van der Waals surface area contributed by atoms with Crippen molar-refractivity contribution in [3.63, 3.8) is 0 Å². The molecule has 6 heteroatoms. The Morgan fingerprint density at radius 3 is 2.42 bits per heavy atom. The van der Waals surface area contributed by atoms with Gasteiger partial charge in [0.25, 0.3) is 0 Å². The van der Waals surface area contributed by atoms with Gasteiger partial charge in [-0.15, -0.1) is 0 Å². The first-order valence-corrected chi connectivity index (χ1v) is 3.77. The summed E-state index contributed by atoms with van der Waals surface area (Å²) in [7, 11) is 0. The second kappa shape index (κ2) is 5.90. The molecule has 72 valence electrons. The molecule has 0 aliphatic carbocycles. The maximum atomic E-state index is 10.2. The summed E-state index contributed by atoms with van der Waals surface area (Å²) in [6.45, 7) is 0.582. The fourth-order valence-electron chi connectivity index (χ4n) is 0.714. The van der Waals surface area contributed by atoms with Gasteiger partial charge < -0.3 is 22.3 Å². The van der Waals surface area contributed by atoms with Crippen molar-refractivity contribution in [3.05, 3.63) is 0 Å². The van der Waals surface area contributed by atoms with E-state index in [-0.39, 0.29) is 0 Å². The van der Waals surface area contributed by atoms with Crippen LogP contribution in [0.2, 0.25) is 0 Å². The van der Waals surface area contributed by atoms with Crippen molar-refractivity contribution in [2.24, 2.45) is 17.2 Å². The van der Waals surface area contributed by atoms with Gasteiger partial charge in [0, 0.05) is 0 Å². The molecule has 12 heavy (non-hydrogen) atoms. The Kier molecular flexibility index (Phi) is 5.56. The first-order valence-electron chi connectivity index (χ1n) is 3.77. The summed E-state index contributed by atoms with van der Waals surface area (Å²) in [5.74, 6) is -0.980. The number of aliphatic carboxylic acids is 1. The lowest BCUT2D eigenvalue weighted by Gasteiger charge is -2.09. The van der Waals surface area contributed by atoms with Crippen molar-refractivity contribution in [1.82, 2.24) is 5.32 Å². The highest BCUT2D eigenvalue weighted by atomic mass is 16.4. The monoisotopic (exact) mass is 176 g/mol. The van der Waals surface area contributed by atoms with E-state index in [1.165, 1.54) is 0 Å². The summed E-state index contributed by atoms with van der Waals surface area (Å²) in [5.41, 5.74) is 15.6. The molecule has 0 radical (unpaired) electrons. The molecule has 0 saturated heterocycles. The number of hydrogen-bond acceptors (Lipinski definition) is 5. The van der Waals surface area contributed by atoms with Gasteiger partial charge in [0.1, 0.15) is 12.3 Å². The summed E-state index contributed by atoms with van der Waals surface area (Å²) in [5, 5.41) is 11.1. The summed E-state index contributed by atoms with van der Waals surface area (Å²) in [6, 6.07) is -0.791. The van der Waals surface area contributed by atoms with Crippen molar-refractivity contribution in [2.75, 3.05) is 6.54 Å². The molecule has 0 spiro atoms. The zero-order chi connectivity index (χ0) is 9.56. The quantitative estimate of drug-likeness (QED) is 0.234. The molecule has 0 aromatic carbocycles. The number of carboxylic acid groups (broad SMARTS) is 1. The van der Waals surface area contributed by atoms with E-state index in [0.29, 0.717) is 19.4 Å². The van der Waals surface area contributed by atoms with E-state index < -0.39 is 18.3 Å². The predicted molar refractivity (Wildman–Crippen MR) is 45.0 cm³/mol. The van der Waals surface area contributed by atoms with E-state index in [2.05, 4.69) is 5.32 Å². The molecule has 1 atom stereocenters. The average Bonchev–Trinajstić information content (AvgIpc) is 1.97. The van der Waals surface area contributed by atoms with Crippen LogP contribution in [0.25, 0.3) is 0 Å². The van der Waals surface area contributed by atoms with Crippen LogP contribution in [0, 0.1) is 0 Å². The topological polar surface area (TPSA) is 127 Å². The van der Waals surface area contributed by atoms with Crippen molar-refractivity contribution in [2.45, 2.75) is 25.2 Å². The van der Waals surface area contributed by atoms with Gasteiger partial charge in [0.2, 0.25) is 0 Å². The number of rotatable bonds is 6. The maximum Gasteiger partial charge on any atom is 0.320 e. The Hall–Kier alpha value is -0.690. The molecule has 1 unspecified atom stereocenters. The number of nitrogens with two attached hydrogens (primary N) is 3. The largest absolute Gasteiger partial charge is 0.480 e. The first kappa shape index (κ1) is 11.3. The number of hydrogen-bond donors (Lipinski definition) is 5. The molecule has 0 rings (SSSR count). The van der Waals surface area contributed by atoms with E-state index in [4.69, 9.17) is 22.3 Å². The van der Waals surface area contributed by atoms with Crippen molar-refractivity contribution in [1.29, 1.82) is 0 Å². The highest BCUT2D eigenvalue weighted by Gasteiger charge is 2.09. The van der Waals surface area contributed by atoms with Gasteiger partial charge in [-0.05, 0) is 19.4 Å². The predicted octanol–water partition coefficient (Wildman–Crippen LogP) is -2.03. The Morgan fingerprint density at radius 1 is 1.42 bits per heavy atom. The molecule has 0 aromatic heterocycles. The van der Waals surface area contributed by atoms with E-state index in [9.17, 15) is 4.79 Å². The van der Waals surface area contributed by atoms with Crippen LogP contribution in [0.4, 0.5) is 0 Å². The lowest BCUT2D eigenvalue weighted by Crippen LogP contribution is -2.45. The lowest BCUT2D eigenvalue weighted by atomic mass is 10.2. The summed E-state index contributed by atoms with van der Waals surface area (Å²) in [6.07, 6.45) is 0.527. The van der Waals surface area contributed by atoms with Gasteiger partial charge in [-0.1, -0.05) is 0 Å². The van der Waals surface area contributed by atoms with Crippen LogP contribution in [-0.2, 0) is 4.79 Å². The second-order valence-electron chi connectivity index (χ2n) is 2.57. The highest BCUT2D eigenvalue weighted by Crippen LogP contribution is 1.92. The number of carboxylic acids is 1. The standard InChI is InChI=1S/C6H16N4O2/c7-4(5(11)12)2-1-3-10-6(8)9/h4,6,10H,1-3,7-9H2,(H,11,12). The molecular formula is C6H16N4O2. The number of nitrogens with one attached hydrogen (secondary N) is 1. The third-order valence-corrected chi connectivity index (χ3v) is 1.39. The molecule has 0 amide bonds. The van der Waals surface area contributed by atoms with Crippen molar-refractivity contribution in [3.8, 4) is 0 Å². The molecule has 0 aliphatic rings. The molecule has 8 N–H and O–H groups in total. The number of carbonyl (C=O) groups is 1. The SMILES string of the molecule is NC(N)NCCCC(N)C(=O)O. The van der Waals surface area contributed by atoms with Gasteiger partial charge in [0.15, 0.2) is 0 Å². The molecule has 0 aliphatic heterocycles. The molecule has 6 nitrogen and oxygen atoms in total. The third kappa shape index (κ3) is 6.05. The average molecular weight is 176 g/mol. The lowest BCUT2D eigenvalue weighted by molar-refractivity contribution is -0.138. The Labute approximate surface area is 71.1 Å². The molecule has 0 fully saturated rings. The molecule has 0 saturated carbocycles. The molecular weight excluding hydrogens is 160 g/mol. The van der Waals surface area contributed by atoms with E-state index in [1.807, 2.05) is 0 Å². The Morgan fingerprint density at radius 2 is 2.00 bits per heavy atom. The van der Waals surface area contributed by atoms with Crippen LogP contribution in [0.5, 0.6) is 0 Å². The summed E-state index contributed by atoms with van der Waals surface area (Å²) in [4.78, 5) is 10.2. The minimum absolute atomic E-state index is 0.426. The van der Waals surface area contributed by atoms with Crippen LogP contribution in [-0.4, -0.2) is 30.0 Å². The zero-order valence-electron chi connectivity index (χ0n) is 6.86. The van der Waals surface area contributed by atoms with Crippen molar-refractivity contribution >= 4 is 5.97 Å². The van der Waals surface area contributed by atoms with Gasteiger partial charge >= 0.3 is 5.97 Å². The summed E-state index contributed by atoms with van der Waals surface area (Å²) >= 11 is 0. The smallest absolute Gasteiger partial charge is 0.320 e. The second-order valence-corrected chi connectivity index (χ2v) is 2.57. The molecule has 0 heterocycles. The van der Waals surface area contributed by atoms with Gasteiger partial charge in [0.05, 0.1) is 0 Å². The van der Waals surface area contributed by atoms with Gasteiger partial charge in [-0.25, -0.2) is 0 Å². The Balaban J connectivity index is 3.25. The first-order chi connectivity index (χ1) is 5.54. The zero-order valence-corrected chi connectivity index (χ0v) is 6.86. The van der Waals surface area contributed by atoms with Crippen LogP contribution < -0.4 is 22.5 Å². The van der Waals surface area contributed by atoms with Gasteiger partial charge in [-0.3, -0.25) is 10.1 Å². The summed E-state index contributed by atoms with van der Waals surface area (Å²) < 4.78 is 0. The fourth-order valence-corrected chi connectivity index (χ4v) is 0.714. The molecule has 0 aromatic rings. The maximum absolute atomic E-state index is 10.2. The van der Waals surface area contributed by atoms with Crippen molar-refractivity contribution < 1.29 is 9.90 Å².